The lowest BCUT2D eigenvalue weighted by Gasteiger charge is -2.04. The van der Waals surface area contributed by atoms with E-state index in [0.717, 1.165) is 0 Å². The normalized spacial score (nSPS) is 15.6. The highest BCUT2D eigenvalue weighted by Crippen LogP contribution is 1.99. The molecule has 0 fully saturated rings. The molecule has 0 aromatic rings. The van der Waals surface area contributed by atoms with Crippen molar-refractivity contribution in [3.63, 3.8) is 0 Å². The third kappa shape index (κ3) is 0.849. The maximum absolute atomic E-state index is 3.78. The van der Waals surface area contributed by atoms with Gasteiger partial charge in [-0.2, -0.15) is 4.90 Å². The first-order valence-corrected chi connectivity index (χ1v) is 2.71. The van der Waals surface area contributed by atoms with Crippen molar-refractivity contribution in [3.8, 4) is 0 Å². The van der Waals surface area contributed by atoms with Gasteiger partial charge >= 0.3 is 0 Å². The van der Waals surface area contributed by atoms with E-state index >= 15 is 0 Å². The largest absolute Gasteiger partial charge is 0.255 e. The van der Waals surface area contributed by atoms with Gasteiger partial charge in [0, 0.05) is 0 Å². The molecule has 0 saturated carbocycles. The first kappa shape index (κ1) is 5.26. The summed E-state index contributed by atoms with van der Waals surface area (Å²) in [5.74, 6) is 0. The minimum Gasteiger partial charge on any atom is -0.171 e. The Balaban J connectivity index is 2.49. The Bertz CT molecular complexity index is 112. The molecule has 0 aromatic heterocycles. The topological polar surface area (TPSA) is 15.6 Å². The zero-order valence-corrected chi connectivity index (χ0v) is 5.13. The molecule has 42 valence electrons. The summed E-state index contributed by atoms with van der Waals surface area (Å²) in [5.41, 5.74) is 0. The summed E-state index contributed by atoms with van der Waals surface area (Å²) in [6.45, 7) is 4.19. The van der Waals surface area contributed by atoms with Gasteiger partial charge in [0.15, 0.2) is 6.20 Å². The average molecular weight is 109 g/mol. The quantitative estimate of drug-likeness (QED) is 0.460. The Kier molecular flexibility index (Phi) is 1.27. The van der Waals surface area contributed by atoms with Crippen molar-refractivity contribution < 1.29 is 0 Å². The van der Waals surface area contributed by atoms with Crippen molar-refractivity contribution in [1.29, 1.82) is 0 Å². The van der Waals surface area contributed by atoms with E-state index in [4.69, 9.17) is 0 Å². The maximum Gasteiger partial charge on any atom is 0.255 e. The van der Waals surface area contributed by atoms with Crippen LogP contribution in [0.25, 0.3) is 0 Å². The molecule has 0 atom stereocenters. The lowest BCUT2D eigenvalue weighted by Crippen LogP contribution is -2.20. The Morgan fingerprint density at radius 3 is 2.62 bits per heavy atom. The third-order valence-corrected chi connectivity index (χ3v) is 1.03. The maximum atomic E-state index is 3.78. The fourth-order valence-electron chi connectivity index (χ4n) is 0.526. The lowest BCUT2D eigenvalue weighted by molar-refractivity contribution is 0.478. The van der Waals surface area contributed by atoms with E-state index in [0.29, 0.717) is 6.04 Å². The molecule has 0 aromatic carbocycles. The molecular weight excluding hydrogens is 100 g/mol. The van der Waals surface area contributed by atoms with Crippen molar-refractivity contribution >= 4 is 6.34 Å². The van der Waals surface area contributed by atoms with Gasteiger partial charge in [0.05, 0.1) is 6.04 Å². The second kappa shape index (κ2) is 1.93. The van der Waals surface area contributed by atoms with Crippen molar-refractivity contribution in [2.75, 3.05) is 0 Å². The first-order valence-electron chi connectivity index (χ1n) is 2.71. The first-order chi connectivity index (χ1) is 3.80. The van der Waals surface area contributed by atoms with Gasteiger partial charge in [-0.15, -0.1) is 0 Å². The summed E-state index contributed by atoms with van der Waals surface area (Å²) in [6.07, 6.45) is 6.45. The molecule has 8 heavy (non-hydrogen) atoms. The van der Waals surface area contributed by atoms with Crippen molar-refractivity contribution in [2.45, 2.75) is 19.9 Å². The monoisotopic (exact) mass is 109 g/mol. The summed E-state index contributed by atoms with van der Waals surface area (Å²) < 4.78 is 0. The molecule has 1 rings (SSSR count). The second-order valence-electron chi connectivity index (χ2n) is 2.03. The summed E-state index contributed by atoms with van der Waals surface area (Å²) in [4.78, 5) is 5.71. The fourth-order valence-corrected chi connectivity index (χ4v) is 0.526. The van der Waals surface area contributed by atoms with Crippen LogP contribution in [0.1, 0.15) is 13.8 Å². The molecule has 0 radical (unpaired) electrons. The molecule has 0 bridgehead atoms. The van der Waals surface area contributed by atoms with Gasteiger partial charge in [0.25, 0.3) is 6.34 Å². The molecular formula is C6H9N2+. The van der Waals surface area contributed by atoms with Gasteiger partial charge in [-0.05, 0) is 18.8 Å². The van der Waals surface area contributed by atoms with Crippen LogP contribution in [0.15, 0.2) is 17.4 Å². The highest BCUT2D eigenvalue weighted by Gasteiger charge is 2.13. The predicted molar refractivity (Wildman–Crippen MR) is 33.5 cm³/mol. The van der Waals surface area contributed by atoms with Gasteiger partial charge in [0.2, 0.25) is 6.20 Å². The minimum absolute atomic E-state index is 0.484. The second-order valence-corrected chi connectivity index (χ2v) is 2.03. The molecule has 0 spiro atoms. The molecule has 2 nitrogen and oxygen atoms in total. The van der Waals surface area contributed by atoms with E-state index in [9.17, 15) is 0 Å². The minimum atomic E-state index is 0.484. The third-order valence-electron chi connectivity index (χ3n) is 1.03. The molecule has 0 amide bonds. The Morgan fingerprint density at radius 2 is 2.38 bits per heavy atom. The zero-order chi connectivity index (χ0) is 5.98. The highest BCUT2D eigenvalue weighted by molar-refractivity contribution is 5.60. The number of nitrogens with zero attached hydrogens (tertiary/aromatic N) is 2. The van der Waals surface area contributed by atoms with Crippen LogP contribution in [0.2, 0.25) is 0 Å². The summed E-state index contributed by atoms with van der Waals surface area (Å²) in [6, 6.07) is 0.484. The molecule has 1 aliphatic rings. The molecule has 1 heterocycles. The smallest absolute Gasteiger partial charge is 0.171 e. The molecule has 0 aliphatic carbocycles. The van der Waals surface area contributed by atoms with E-state index in [1.54, 1.807) is 6.20 Å². The molecule has 0 saturated heterocycles. The van der Waals surface area contributed by atoms with Crippen LogP contribution in [-0.2, 0) is 0 Å². The van der Waals surface area contributed by atoms with Crippen molar-refractivity contribution in [1.82, 2.24) is 4.90 Å². The van der Waals surface area contributed by atoms with Crippen molar-refractivity contribution in [3.05, 3.63) is 12.4 Å². The molecule has 0 N–H and O–H groups in total. The number of aliphatic imine (C=N–C) groups is 1. The van der Waals surface area contributed by atoms with Crippen LogP contribution >= 0.6 is 0 Å². The SMILES string of the molecule is CC(C)N1[C+]=NC=C1. The van der Waals surface area contributed by atoms with Gasteiger partial charge in [-0.3, -0.25) is 0 Å². The lowest BCUT2D eigenvalue weighted by atomic mass is 10.4. The number of hydrogen-bond acceptors (Lipinski definition) is 2. The van der Waals surface area contributed by atoms with E-state index in [1.165, 1.54) is 0 Å². The van der Waals surface area contributed by atoms with Gasteiger partial charge in [-0.25, -0.2) is 0 Å². The Morgan fingerprint density at radius 1 is 1.62 bits per heavy atom. The van der Waals surface area contributed by atoms with Gasteiger partial charge in [0.1, 0.15) is 0 Å². The average Bonchev–Trinajstić information content (AvgIpc) is 2.12. The standard InChI is InChI=1S/C6H9N2/c1-6(2)8-4-3-7-5-8/h3-4,6H,1-2H3/q+1. The summed E-state index contributed by atoms with van der Waals surface area (Å²) in [5, 5.41) is 0. The van der Waals surface area contributed by atoms with Crippen LogP contribution in [-0.4, -0.2) is 17.3 Å². The van der Waals surface area contributed by atoms with E-state index in [1.807, 2.05) is 11.1 Å². The van der Waals surface area contributed by atoms with Crippen LogP contribution < -0.4 is 0 Å². The van der Waals surface area contributed by atoms with Crippen LogP contribution in [0.3, 0.4) is 0 Å². The number of hydrogen-bond donors (Lipinski definition) is 0. The van der Waals surface area contributed by atoms with Crippen LogP contribution in [0.5, 0.6) is 0 Å². The predicted octanol–water partition coefficient (Wildman–Crippen LogP) is 1.09. The molecule has 0 unspecified atom stereocenters. The number of rotatable bonds is 1. The Hall–Kier alpha value is -0.880. The van der Waals surface area contributed by atoms with E-state index in [-0.39, 0.29) is 0 Å². The Labute approximate surface area is 49.5 Å². The van der Waals surface area contributed by atoms with Gasteiger partial charge in [-0.1, -0.05) is 0 Å². The van der Waals surface area contributed by atoms with E-state index < -0.39 is 0 Å². The van der Waals surface area contributed by atoms with Crippen molar-refractivity contribution in [2.24, 2.45) is 4.99 Å². The highest BCUT2D eigenvalue weighted by atomic mass is 15.2. The fraction of sp³-hybridized carbons (Fsp3) is 0.500. The zero-order valence-electron chi connectivity index (χ0n) is 5.13. The van der Waals surface area contributed by atoms with E-state index in [2.05, 4.69) is 25.2 Å². The summed E-state index contributed by atoms with van der Waals surface area (Å²) in [7, 11) is 0. The van der Waals surface area contributed by atoms with Gasteiger partial charge < -0.3 is 0 Å². The molecule has 1 aliphatic heterocycles. The molecule has 2 heteroatoms. The summed E-state index contributed by atoms with van der Waals surface area (Å²) >= 11 is 0. The van der Waals surface area contributed by atoms with Crippen LogP contribution in [0, 0.1) is 0 Å². The van der Waals surface area contributed by atoms with Crippen LogP contribution in [0.4, 0.5) is 0 Å².